The first-order valence-electron chi connectivity index (χ1n) is 9.90. The number of likely N-dealkylation sites (N-methyl/N-ethyl adjacent to an activating group) is 1. The van der Waals surface area contributed by atoms with Crippen LogP contribution in [-0.2, 0) is 34.2 Å². The third kappa shape index (κ3) is 2.54. The van der Waals surface area contributed by atoms with Crippen molar-refractivity contribution >= 4 is 29.2 Å². The zero-order valence-electron chi connectivity index (χ0n) is 17.9. The summed E-state index contributed by atoms with van der Waals surface area (Å²) < 4.78 is 10.2. The monoisotopic (exact) mass is 424 g/mol. The second-order valence-electron chi connectivity index (χ2n) is 7.70. The highest BCUT2D eigenvalue weighted by Crippen LogP contribution is 2.59. The topological polar surface area (TPSA) is 85.4 Å². The molecule has 2 aromatic carbocycles. The minimum absolute atomic E-state index is 0.0129. The van der Waals surface area contributed by atoms with Gasteiger partial charge in [0.1, 0.15) is 0 Å². The van der Waals surface area contributed by atoms with Gasteiger partial charge in [-0.25, -0.2) is 5.06 Å². The largest absolute Gasteiger partial charge is 0.468 e. The van der Waals surface area contributed by atoms with Gasteiger partial charge in [-0.05, 0) is 30.7 Å². The molecule has 0 N–H and O–H groups in total. The van der Waals surface area contributed by atoms with Gasteiger partial charge >= 0.3 is 11.9 Å². The maximum Gasteiger partial charge on any atom is 0.326 e. The third-order valence-electron chi connectivity index (χ3n) is 6.19. The van der Waals surface area contributed by atoms with Gasteiger partial charge in [0.2, 0.25) is 5.41 Å². The van der Waals surface area contributed by atoms with Crippen molar-refractivity contribution in [1.82, 2.24) is 0 Å². The van der Waals surface area contributed by atoms with Gasteiger partial charge in [0, 0.05) is 24.7 Å². The van der Waals surface area contributed by atoms with E-state index in [1.807, 2.05) is 25.1 Å². The van der Waals surface area contributed by atoms with E-state index in [-0.39, 0.29) is 13.0 Å². The molecular weight excluding hydrogens is 400 g/mol. The molecule has 2 aliphatic rings. The first-order chi connectivity index (χ1) is 14.9. The van der Waals surface area contributed by atoms with Crippen molar-refractivity contribution < 1.29 is 28.7 Å². The summed E-state index contributed by atoms with van der Waals surface area (Å²) in [6.45, 7) is 1.92. The Hall–Kier alpha value is -3.39. The van der Waals surface area contributed by atoms with Crippen molar-refractivity contribution in [2.45, 2.75) is 18.9 Å². The van der Waals surface area contributed by atoms with E-state index in [4.69, 9.17) is 14.3 Å². The molecule has 1 atom stereocenters. The Labute approximate surface area is 180 Å². The zero-order valence-corrected chi connectivity index (χ0v) is 17.9. The number of hydrogen-bond donors (Lipinski definition) is 0. The average molecular weight is 424 g/mol. The van der Waals surface area contributed by atoms with Crippen LogP contribution in [0.1, 0.15) is 17.5 Å². The number of carbonyl (C=O) groups excluding carboxylic acids is 3. The van der Waals surface area contributed by atoms with Crippen molar-refractivity contribution in [2.75, 3.05) is 37.8 Å². The molecule has 0 bridgehead atoms. The van der Waals surface area contributed by atoms with Crippen molar-refractivity contribution in [1.29, 1.82) is 0 Å². The van der Waals surface area contributed by atoms with E-state index in [1.165, 1.54) is 24.2 Å². The summed E-state index contributed by atoms with van der Waals surface area (Å²) in [5.74, 6) is -2.18. The molecule has 1 fully saturated rings. The minimum atomic E-state index is -1.98. The highest BCUT2D eigenvalue weighted by atomic mass is 16.7. The number of nitrogens with zero attached hydrogens (tertiary/aromatic N) is 2. The van der Waals surface area contributed by atoms with Gasteiger partial charge in [-0.2, -0.15) is 0 Å². The number of hydroxylamine groups is 1. The predicted molar refractivity (Wildman–Crippen MR) is 112 cm³/mol. The van der Waals surface area contributed by atoms with Gasteiger partial charge in [0.25, 0.3) is 5.91 Å². The van der Waals surface area contributed by atoms with Crippen LogP contribution >= 0.6 is 0 Å². The van der Waals surface area contributed by atoms with Crippen LogP contribution in [0.4, 0.5) is 11.4 Å². The van der Waals surface area contributed by atoms with Gasteiger partial charge < -0.3 is 14.4 Å². The molecule has 0 aromatic heterocycles. The molecule has 8 nitrogen and oxygen atoms in total. The van der Waals surface area contributed by atoms with Gasteiger partial charge in [-0.3, -0.25) is 19.2 Å². The van der Waals surface area contributed by atoms with E-state index in [0.29, 0.717) is 16.9 Å². The minimum Gasteiger partial charge on any atom is -0.468 e. The highest BCUT2D eigenvalue weighted by Gasteiger charge is 2.76. The number of anilines is 2. The SMILES string of the molecule is COC(=O)C1(C(=O)OC)CCON(c2cccc(C)c2)C12C(=O)N(C)c1ccccc12. The Morgan fingerprint density at radius 3 is 2.35 bits per heavy atom. The molecule has 2 aliphatic heterocycles. The highest BCUT2D eigenvalue weighted by molar-refractivity contribution is 6.18. The lowest BCUT2D eigenvalue weighted by atomic mass is 9.62. The van der Waals surface area contributed by atoms with Crippen molar-refractivity contribution in [3.05, 3.63) is 59.7 Å². The van der Waals surface area contributed by atoms with Gasteiger partial charge in [-0.15, -0.1) is 0 Å². The van der Waals surface area contributed by atoms with Crippen molar-refractivity contribution in [3.63, 3.8) is 0 Å². The summed E-state index contributed by atoms with van der Waals surface area (Å²) in [5, 5.41) is 1.39. The maximum absolute atomic E-state index is 14.1. The maximum atomic E-state index is 14.1. The quantitative estimate of drug-likeness (QED) is 0.552. The van der Waals surface area contributed by atoms with Crippen LogP contribution in [0.5, 0.6) is 0 Å². The van der Waals surface area contributed by atoms with E-state index in [1.54, 1.807) is 37.4 Å². The summed E-state index contributed by atoms with van der Waals surface area (Å²) in [7, 11) is 4.00. The smallest absolute Gasteiger partial charge is 0.326 e. The summed E-state index contributed by atoms with van der Waals surface area (Å²) in [4.78, 5) is 48.3. The molecule has 1 spiro atoms. The van der Waals surface area contributed by atoms with Crippen LogP contribution in [-0.4, -0.2) is 45.7 Å². The number of methoxy groups -OCH3 is 2. The number of rotatable bonds is 3. The molecule has 0 radical (unpaired) electrons. The molecule has 8 heteroatoms. The number of amides is 1. The Bertz CT molecular complexity index is 1050. The molecule has 1 amide bonds. The Kier molecular flexibility index (Phi) is 4.97. The number of ether oxygens (including phenoxy) is 2. The number of hydrogen-bond acceptors (Lipinski definition) is 7. The van der Waals surface area contributed by atoms with Crippen LogP contribution < -0.4 is 9.96 Å². The van der Waals surface area contributed by atoms with E-state index >= 15 is 0 Å². The number of fused-ring (bicyclic) bond motifs is 2. The summed E-state index contributed by atoms with van der Waals surface area (Å²) >= 11 is 0. The van der Waals surface area contributed by atoms with Gasteiger partial charge in [-0.1, -0.05) is 30.3 Å². The Morgan fingerprint density at radius 1 is 1.03 bits per heavy atom. The first-order valence-corrected chi connectivity index (χ1v) is 9.90. The number of esters is 2. The number of carbonyl (C=O) groups is 3. The average Bonchev–Trinajstić information content (AvgIpc) is 3.01. The van der Waals surface area contributed by atoms with E-state index in [9.17, 15) is 14.4 Å². The van der Waals surface area contributed by atoms with Crippen molar-refractivity contribution in [2.24, 2.45) is 5.41 Å². The van der Waals surface area contributed by atoms with Crippen LogP contribution in [0.25, 0.3) is 0 Å². The Balaban J connectivity index is 2.14. The number of benzene rings is 2. The lowest BCUT2D eigenvalue weighted by Crippen LogP contribution is -2.71. The van der Waals surface area contributed by atoms with E-state index in [2.05, 4.69) is 0 Å². The molecule has 2 heterocycles. The molecule has 0 saturated carbocycles. The molecule has 31 heavy (non-hydrogen) atoms. The lowest BCUT2D eigenvalue weighted by molar-refractivity contribution is -0.191. The summed E-state index contributed by atoms with van der Waals surface area (Å²) in [6.07, 6.45) is -0.0808. The normalized spacial score (nSPS) is 21.7. The lowest BCUT2D eigenvalue weighted by Gasteiger charge is -2.52. The fourth-order valence-electron chi connectivity index (χ4n) is 4.84. The zero-order chi connectivity index (χ0) is 22.4. The van der Waals surface area contributed by atoms with Crippen LogP contribution in [0.15, 0.2) is 48.5 Å². The first kappa shape index (κ1) is 20.9. The molecule has 162 valence electrons. The molecule has 0 aliphatic carbocycles. The third-order valence-corrected chi connectivity index (χ3v) is 6.19. The summed E-state index contributed by atoms with van der Waals surface area (Å²) in [6, 6.07) is 14.4. The predicted octanol–water partition coefficient (Wildman–Crippen LogP) is 2.34. The van der Waals surface area contributed by atoms with E-state index in [0.717, 1.165) is 5.56 Å². The second-order valence-corrected chi connectivity index (χ2v) is 7.70. The molecule has 2 aromatic rings. The van der Waals surface area contributed by atoms with Gasteiger partial charge in [0.15, 0.2) is 5.54 Å². The molecule has 4 rings (SSSR count). The van der Waals surface area contributed by atoms with Gasteiger partial charge in [0.05, 0.1) is 26.5 Å². The van der Waals surface area contributed by atoms with Crippen LogP contribution in [0.3, 0.4) is 0 Å². The number of para-hydroxylation sites is 1. The molecule has 1 saturated heterocycles. The fraction of sp³-hybridized carbons (Fsp3) is 0.348. The van der Waals surface area contributed by atoms with Crippen LogP contribution in [0, 0.1) is 12.3 Å². The van der Waals surface area contributed by atoms with Crippen molar-refractivity contribution in [3.8, 4) is 0 Å². The fourth-order valence-corrected chi connectivity index (χ4v) is 4.84. The van der Waals surface area contributed by atoms with E-state index < -0.39 is 28.8 Å². The standard InChI is InChI=1S/C23H24N2O6/c1-15-8-7-9-16(14-15)25-23(17-10-5-6-11-18(17)24(2)19(23)26)22(12-13-31-25,20(27)29-3)21(28)30-4/h5-11,14H,12-13H2,1-4H3. The Morgan fingerprint density at radius 2 is 1.71 bits per heavy atom. The number of aryl methyl sites for hydroxylation is 1. The second kappa shape index (κ2) is 7.39. The summed E-state index contributed by atoms with van der Waals surface area (Å²) in [5.41, 5.74) is -1.31. The van der Waals surface area contributed by atoms with Crippen LogP contribution in [0.2, 0.25) is 0 Å². The molecular formula is C23H24N2O6. The molecule has 1 unspecified atom stereocenters.